The molecule has 1 atom stereocenters. The van der Waals surface area contributed by atoms with Crippen LogP contribution < -0.4 is 16.0 Å². The Hall–Kier alpha value is -1.60. The van der Waals surface area contributed by atoms with Crippen LogP contribution in [0.25, 0.3) is 11.1 Å². The molecule has 2 fully saturated rings. The van der Waals surface area contributed by atoms with Crippen molar-refractivity contribution in [3.05, 3.63) is 34.7 Å². The number of ether oxygens (including phenoxy) is 1. The van der Waals surface area contributed by atoms with E-state index in [1.165, 1.54) is 12.8 Å². The van der Waals surface area contributed by atoms with E-state index in [1.807, 2.05) is 12.1 Å². The third-order valence-electron chi connectivity index (χ3n) is 6.30. The lowest BCUT2D eigenvalue weighted by Crippen LogP contribution is -2.42. The molecular weight excluding hydrogens is 445 g/mol. The first kappa shape index (κ1) is 23.6. The Morgan fingerprint density at radius 1 is 1.03 bits per heavy atom. The monoisotopic (exact) mass is 477 g/mol. The van der Waals surface area contributed by atoms with Crippen LogP contribution in [-0.2, 0) is 4.74 Å². The molecule has 2 aromatic heterocycles. The third kappa shape index (κ3) is 6.47. The summed E-state index contributed by atoms with van der Waals surface area (Å²) in [6, 6.07) is 5.38. The number of aromatic nitrogens is 2. The largest absolute Gasteiger partial charge is 0.383 e. The normalized spacial score (nSPS) is 21.9. The van der Waals surface area contributed by atoms with Gasteiger partial charge in [0.05, 0.1) is 17.3 Å². The first-order valence-corrected chi connectivity index (χ1v) is 12.3. The molecule has 2 aromatic rings. The highest BCUT2D eigenvalue weighted by atomic mass is 35.5. The average Bonchev–Trinajstić information content (AvgIpc) is 3.61. The number of halogens is 2. The number of rotatable bonds is 10. The lowest BCUT2D eigenvalue weighted by atomic mass is 9.90. The van der Waals surface area contributed by atoms with Crippen molar-refractivity contribution in [2.45, 2.75) is 63.6 Å². The number of nitrogens with zero attached hydrogens (tertiary/aromatic N) is 2. The smallest absolute Gasteiger partial charge is 0.152 e. The minimum atomic E-state index is 0.381. The van der Waals surface area contributed by atoms with Crippen LogP contribution in [0.2, 0.25) is 10.2 Å². The molecule has 6 nitrogen and oxygen atoms in total. The molecule has 8 heteroatoms. The number of nitrogens with one attached hydrogen (secondary N) is 3. The fourth-order valence-corrected chi connectivity index (χ4v) is 4.73. The minimum Gasteiger partial charge on any atom is -0.383 e. The zero-order valence-corrected chi connectivity index (χ0v) is 20.3. The molecular formula is C24H33Cl2N5O. The number of methoxy groups -OCH3 is 1. The van der Waals surface area contributed by atoms with Crippen molar-refractivity contribution < 1.29 is 4.74 Å². The summed E-state index contributed by atoms with van der Waals surface area (Å²) in [7, 11) is 1.75. The van der Waals surface area contributed by atoms with Gasteiger partial charge in [0.2, 0.25) is 0 Å². The van der Waals surface area contributed by atoms with Crippen molar-refractivity contribution in [1.29, 1.82) is 0 Å². The van der Waals surface area contributed by atoms with Gasteiger partial charge in [0.25, 0.3) is 0 Å². The summed E-state index contributed by atoms with van der Waals surface area (Å²) >= 11 is 12.8. The SMILES string of the molecule is COC[C@@H](C)N[C@H]1CC[C@H](Nc2cc(-c3cnc(Cl)c(NCC4CC4)c3)c(Cl)cn2)CC1. The molecule has 0 radical (unpaired) electrons. The lowest BCUT2D eigenvalue weighted by molar-refractivity contribution is 0.161. The van der Waals surface area contributed by atoms with Crippen molar-refractivity contribution in [2.24, 2.45) is 5.92 Å². The van der Waals surface area contributed by atoms with Crippen LogP contribution in [0.4, 0.5) is 11.5 Å². The maximum atomic E-state index is 6.51. The van der Waals surface area contributed by atoms with E-state index in [2.05, 4.69) is 32.8 Å². The second-order valence-electron chi connectivity index (χ2n) is 9.15. The molecule has 174 valence electrons. The minimum absolute atomic E-state index is 0.381. The zero-order chi connectivity index (χ0) is 22.5. The van der Waals surface area contributed by atoms with E-state index in [0.29, 0.717) is 28.3 Å². The Labute approximate surface area is 200 Å². The highest BCUT2D eigenvalue weighted by Crippen LogP contribution is 2.34. The number of pyridine rings is 2. The van der Waals surface area contributed by atoms with Gasteiger partial charge < -0.3 is 20.7 Å². The summed E-state index contributed by atoms with van der Waals surface area (Å²) < 4.78 is 5.23. The molecule has 0 aliphatic heterocycles. The number of hydrogen-bond donors (Lipinski definition) is 3. The van der Waals surface area contributed by atoms with Crippen LogP contribution >= 0.6 is 23.2 Å². The van der Waals surface area contributed by atoms with Crippen LogP contribution in [0.5, 0.6) is 0 Å². The van der Waals surface area contributed by atoms with E-state index in [1.54, 1.807) is 19.5 Å². The predicted molar refractivity (Wildman–Crippen MR) is 133 cm³/mol. The molecule has 2 aliphatic carbocycles. The van der Waals surface area contributed by atoms with Crippen LogP contribution in [0.3, 0.4) is 0 Å². The number of anilines is 2. The van der Waals surface area contributed by atoms with E-state index in [4.69, 9.17) is 27.9 Å². The molecule has 0 saturated heterocycles. The Kier molecular flexibility index (Phi) is 8.11. The van der Waals surface area contributed by atoms with Gasteiger partial charge in [-0.3, -0.25) is 0 Å². The molecule has 0 spiro atoms. The zero-order valence-electron chi connectivity index (χ0n) is 18.8. The Bertz CT molecular complexity index is 900. The molecule has 4 rings (SSSR count). The number of hydrogen-bond acceptors (Lipinski definition) is 6. The first-order chi connectivity index (χ1) is 15.5. The molecule has 0 bridgehead atoms. The second-order valence-corrected chi connectivity index (χ2v) is 9.92. The van der Waals surface area contributed by atoms with Gasteiger partial charge in [-0.1, -0.05) is 23.2 Å². The molecule has 3 N–H and O–H groups in total. The van der Waals surface area contributed by atoms with E-state index < -0.39 is 0 Å². The van der Waals surface area contributed by atoms with Gasteiger partial charge in [-0.25, -0.2) is 9.97 Å². The van der Waals surface area contributed by atoms with Gasteiger partial charge in [0, 0.05) is 55.3 Å². The maximum absolute atomic E-state index is 6.51. The first-order valence-electron chi connectivity index (χ1n) is 11.6. The van der Waals surface area contributed by atoms with Gasteiger partial charge >= 0.3 is 0 Å². The Morgan fingerprint density at radius 3 is 2.50 bits per heavy atom. The summed E-state index contributed by atoms with van der Waals surface area (Å²) in [4.78, 5) is 8.89. The van der Waals surface area contributed by atoms with Crippen LogP contribution in [0.1, 0.15) is 45.4 Å². The highest BCUT2D eigenvalue weighted by Gasteiger charge is 2.23. The molecule has 0 aromatic carbocycles. The second kappa shape index (κ2) is 11.0. The van der Waals surface area contributed by atoms with E-state index in [0.717, 1.165) is 67.4 Å². The fourth-order valence-electron chi connectivity index (χ4n) is 4.35. The van der Waals surface area contributed by atoms with Gasteiger partial charge in [-0.05, 0) is 63.5 Å². The van der Waals surface area contributed by atoms with Crippen LogP contribution in [0, 0.1) is 5.92 Å². The van der Waals surface area contributed by atoms with E-state index in [9.17, 15) is 0 Å². The van der Waals surface area contributed by atoms with Crippen molar-refractivity contribution in [2.75, 3.05) is 30.9 Å². The topological polar surface area (TPSA) is 71.1 Å². The highest BCUT2D eigenvalue weighted by molar-refractivity contribution is 6.33. The summed E-state index contributed by atoms with van der Waals surface area (Å²) in [6.07, 6.45) is 10.6. The van der Waals surface area contributed by atoms with Gasteiger partial charge in [-0.2, -0.15) is 0 Å². The summed E-state index contributed by atoms with van der Waals surface area (Å²) in [5, 5.41) is 11.8. The summed E-state index contributed by atoms with van der Waals surface area (Å²) in [5.74, 6) is 1.60. The average molecular weight is 478 g/mol. The van der Waals surface area contributed by atoms with Gasteiger partial charge in [0.15, 0.2) is 5.15 Å². The van der Waals surface area contributed by atoms with Crippen molar-refractivity contribution in [3.8, 4) is 11.1 Å². The maximum Gasteiger partial charge on any atom is 0.152 e. The van der Waals surface area contributed by atoms with Crippen molar-refractivity contribution >= 4 is 34.7 Å². The van der Waals surface area contributed by atoms with Gasteiger partial charge in [-0.15, -0.1) is 0 Å². The molecule has 2 heterocycles. The molecule has 2 saturated carbocycles. The van der Waals surface area contributed by atoms with Crippen molar-refractivity contribution in [3.63, 3.8) is 0 Å². The van der Waals surface area contributed by atoms with Crippen molar-refractivity contribution in [1.82, 2.24) is 15.3 Å². The van der Waals surface area contributed by atoms with E-state index >= 15 is 0 Å². The quantitative estimate of drug-likeness (QED) is 0.385. The van der Waals surface area contributed by atoms with E-state index in [-0.39, 0.29) is 0 Å². The fraction of sp³-hybridized carbons (Fsp3) is 0.583. The Balaban J connectivity index is 1.38. The predicted octanol–water partition coefficient (Wildman–Crippen LogP) is 5.62. The van der Waals surface area contributed by atoms with Gasteiger partial charge in [0.1, 0.15) is 5.82 Å². The molecule has 0 unspecified atom stereocenters. The Morgan fingerprint density at radius 2 is 1.78 bits per heavy atom. The van der Waals surface area contributed by atoms with Crippen LogP contribution in [0.15, 0.2) is 24.5 Å². The molecule has 2 aliphatic rings. The van der Waals surface area contributed by atoms with Crippen LogP contribution in [-0.4, -0.2) is 48.4 Å². The standard InChI is InChI=1S/C24H33Cl2N5O/c1-15(14-32-2)30-18-5-7-19(8-6-18)31-23-10-20(21(25)13-28-23)17-9-22(24(26)29-12-17)27-11-16-3-4-16/h9-10,12-13,15-16,18-19,27,30H,3-8,11,14H2,1-2H3,(H,28,31)/t15-,18-,19-/m1/s1. The lowest BCUT2D eigenvalue weighted by Gasteiger charge is -2.32. The summed E-state index contributed by atoms with van der Waals surface area (Å²) in [6.45, 7) is 3.85. The third-order valence-corrected chi connectivity index (χ3v) is 6.90. The molecule has 32 heavy (non-hydrogen) atoms. The summed E-state index contributed by atoms with van der Waals surface area (Å²) in [5.41, 5.74) is 2.70. The molecule has 0 amide bonds.